The van der Waals surface area contributed by atoms with Crippen molar-refractivity contribution in [1.82, 2.24) is 10.2 Å². The van der Waals surface area contributed by atoms with Crippen LogP contribution in [0.2, 0.25) is 0 Å². The van der Waals surface area contributed by atoms with Crippen LogP contribution < -0.4 is 5.32 Å². The highest BCUT2D eigenvalue weighted by Crippen LogP contribution is 2.14. The number of ether oxygens (including phenoxy) is 1. The Kier molecular flexibility index (Phi) is 5.14. The quantitative estimate of drug-likeness (QED) is 0.812. The average Bonchev–Trinajstić information content (AvgIpc) is 2.34. The Balaban J connectivity index is 2.32. The largest absolute Gasteiger partial charge is 0.381 e. The van der Waals surface area contributed by atoms with Crippen molar-refractivity contribution in [1.29, 1.82) is 0 Å². The normalized spacial score (nSPS) is 17.7. The Morgan fingerprint density at radius 1 is 1.28 bits per heavy atom. The summed E-state index contributed by atoms with van der Waals surface area (Å²) in [4.78, 5) is 25.3. The number of hydrogen-bond donors (Lipinski definition) is 1. The zero-order valence-electron chi connectivity index (χ0n) is 11.8. The van der Waals surface area contributed by atoms with Crippen LogP contribution in [0.4, 0.5) is 0 Å². The molecular formula is C13H24N2O3. The van der Waals surface area contributed by atoms with Crippen molar-refractivity contribution < 1.29 is 14.3 Å². The summed E-state index contributed by atoms with van der Waals surface area (Å²) in [6, 6.07) is 0. The first-order valence-corrected chi connectivity index (χ1v) is 6.43. The highest BCUT2D eigenvalue weighted by molar-refractivity contribution is 5.87. The second-order valence-electron chi connectivity index (χ2n) is 5.75. The van der Waals surface area contributed by atoms with Crippen LogP contribution in [0.3, 0.4) is 0 Å². The minimum absolute atomic E-state index is 0.0119. The summed E-state index contributed by atoms with van der Waals surface area (Å²) in [6.07, 6.45) is 2.00. The van der Waals surface area contributed by atoms with Crippen LogP contribution in [0.15, 0.2) is 0 Å². The third-order valence-electron chi connectivity index (χ3n) is 3.21. The van der Waals surface area contributed by atoms with E-state index in [1.54, 1.807) is 12.0 Å². The molecule has 0 aliphatic carbocycles. The number of carbonyl (C=O) groups is 2. The zero-order valence-corrected chi connectivity index (χ0v) is 11.8. The predicted molar refractivity (Wildman–Crippen MR) is 69.1 cm³/mol. The lowest BCUT2D eigenvalue weighted by Gasteiger charge is -2.31. The summed E-state index contributed by atoms with van der Waals surface area (Å²) in [6.45, 7) is 7.00. The summed E-state index contributed by atoms with van der Waals surface area (Å²) in [7, 11) is 1.70. The van der Waals surface area contributed by atoms with Gasteiger partial charge in [-0.15, -0.1) is 0 Å². The molecule has 1 N–H and O–H groups in total. The molecule has 1 aliphatic rings. The minimum Gasteiger partial charge on any atom is -0.381 e. The third kappa shape index (κ3) is 4.29. The molecule has 1 rings (SSSR count). The fourth-order valence-electron chi connectivity index (χ4n) is 1.87. The van der Waals surface area contributed by atoms with Gasteiger partial charge in [0.1, 0.15) is 0 Å². The van der Waals surface area contributed by atoms with E-state index in [1.165, 1.54) is 0 Å². The molecule has 1 heterocycles. The van der Waals surface area contributed by atoms with Gasteiger partial charge >= 0.3 is 0 Å². The number of amides is 2. The molecule has 18 heavy (non-hydrogen) atoms. The number of hydrogen-bond acceptors (Lipinski definition) is 3. The van der Waals surface area contributed by atoms with Gasteiger partial charge in [-0.05, 0) is 12.8 Å². The van der Waals surface area contributed by atoms with Crippen molar-refractivity contribution in [2.45, 2.75) is 39.7 Å². The highest BCUT2D eigenvalue weighted by atomic mass is 16.5. The van der Waals surface area contributed by atoms with Crippen LogP contribution in [-0.4, -0.2) is 49.6 Å². The lowest BCUT2D eigenvalue weighted by atomic mass is 9.96. The number of methoxy groups -OCH3 is 1. The minimum atomic E-state index is -0.455. The molecule has 0 aromatic heterocycles. The first-order chi connectivity index (χ1) is 8.34. The van der Waals surface area contributed by atoms with E-state index >= 15 is 0 Å². The molecule has 5 heteroatoms. The Hall–Kier alpha value is -1.10. The molecule has 1 saturated heterocycles. The fraction of sp³-hybridized carbons (Fsp3) is 0.846. The maximum Gasteiger partial charge on any atom is 0.241 e. The number of piperidine rings is 1. The average molecular weight is 256 g/mol. The van der Waals surface area contributed by atoms with E-state index in [-0.39, 0.29) is 24.5 Å². The van der Waals surface area contributed by atoms with Crippen molar-refractivity contribution in [3.63, 3.8) is 0 Å². The Bertz CT molecular complexity index is 302. The van der Waals surface area contributed by atoms with E-state index < -0.39 is 5.41 Å². The number of likely N-dealkylation sites (tertiary alicyclic amines) is 1. The molecule has 0 unspecified atom stereocenters. The molecule has 1 fully saturated rings. The summed E-state index contributed by atoms with van der Waals surface area (Å²) < 4.78 is 5.25. The van der Waals surface area contributed by atoms with E-state index in [1.807, 2.05) is 20.8 Å². The van der Waals surface area contributed by atoms with Gasteiger partial charge in [0.25, 0.3) is 0 Å². The van der Waals surface area contributed by atoms with E-state index in [4.69, 9.17) is 4.74 Å². The Morgan fingerprint density at radius 2 is 1.83 bits per heavy atom. The van der Waals surface area contributed by atoms with Crippen molar-refractivity contribution in [3.05, 3.63) is 0 Å². The van der Waals surface area contributed by atoms with Crippen LogP contribution in [0.1, 0.15) is 33.6 Å². The second kappa shape index (κ2) is 6.18. The van der Waals surface area contributed by atoms with Crippen LogP contribution in [0, 0.1) is 5.41 Å². The molecule has 0 atom stereocenters. The molecule has 2 amide bonds. The van der Waals surface area contributed by atoms with E-state index in [0.717, 1.165) is 12.8 Å². The van der Waals surface area contributed by atoms with Crippen LogP contribution in [0.5, 0.6) is 0 Å². The fourth-order valence-corrected chi connectivity index (χ4v) is 1.87. The van der Waals surface area contributed by atoms with Crippen LogP contribution in [0.25, 0.3) is 0 Å². The molecule has 0 radical (unpaired) electrons. The molecular weight excluding hydrogens is 232 g/mol. The Morgan fingerprint density at radius 3 is 2.28 bits per heavy atom. The predicted octanol–water partition coefficient (Wildman–Crippen LogP) is 0.786. The lowest BCUT2D eigenvalue weighted by Crippen LogP contribution is -2.47. The van der Waals surface area contributed by atoms with E-state index in [9.17, 15) is 9.59 Å². The summed E-state index contributed by atoms with van der Waals surface area (Å²) >= 11 is 0. The van der Waals surface area contributed by atoms with Crippen molar-refractivity contribution in [2.75, 3.05) is 26.7 Å². The number of carbonyl (C=O) groups excluding carboxylic acids is 2. The lowest BCUT2D eigenvalue weighted by molar-refractivity contribution is -0.136. The SMILES string of the molecule is COC1CCN(C(=O)CNC(=O)C(C)(C)C)CC1. The molecule has 0 aromatic carbocycles. The molecule has 0 bridgehead atoms. The van der Waals surface area contributed by atoms with Crippen LogP contribution in [-0.2, 0) is 14.3 Å². The molecule has 0 saturated carbocycles. The van der Waals surface area contributed by atoms with Gasteiger partial charge in [0, 0.05) is 25.6 Å². The van der Waals surface area contributed by atoms with Crippen molar-refractivity contribution in [2.24, 2.45) is 5.41 Å². The maximum atomic E-state index is 11.9. The number of nitrogens with one attached hydrogen (secondary N) is 1. The first kappa shape index (κ1) is 15.0. The summed E-state index contributed by atoms with van der Waals surface area (Å²) in [5.41, 5.74) is -0.455. The summed E-state index contributed by atoms with van der Waals surface area (Å²) in [5, 5.41) is 2.68. The molecule has 5 nitrogen and oxygen atoms in total. The van der Waals surface area contributed by atoms with Gasteiger partial charge < -0.3 is 15.0 Å². The molecule has 104 valence electrons. The monoisotopic (exact) mass is 256 g/mol. The smallest absolute Gasteiger partial charge is 0.241 e. The van der Waals surface area contributed by atoms with Gasteiger partial charge in [-0.25, -0.2) is 0 Å². The highest BCUT2D eigenvalue weighted by Gasteiger charge is 2.25. The van der Waals surface area contributed by atoms with E-state index in [0.29, 0.717) is 13.1 Å². The topological polar surface area (TPSA) is 58.6 Å². The maximum absolute atomic E-state index is 11.9. The zero-order chi connectivity index (χ0) is 13.8. The van der Waals surface area contributed by atoms with Gasteiger partial charge in [0.15, 0.2) is 0 Å². The Labute approximate surface area is 109 Å². The second-order valence-corrected chi connectivity index (χ2v) is 5.75. The number of nitrogens with zero attached hydrogens (tertiary/aromatic N) is 1. The number of rotatable bonds is 3. The van der Waals surface area contributed by atoms with Crippen molar-refractivity contribution in [3.8, 4) is 0 Å². The first-order valence-electron chi connectivity index (χ1n) is 6.43. The molecule has 0 aromatic rings. The van der Waals surface area contributed by atoms with Gasteiger partial charge in [-0.1, -0.05) is 20.8 Å². The van der Waals surface area contributed by atoms with Gasteiger partial charge in [0.2, 0.25) is 11.8 Å². The third-order valence-corrected chi connectivity index (χ3v) is 3.21. The molecule has 1 aliphatic heterocycles. The molecule has 0 spiro atoms. The summed E-state index contributed by atoms with van der Waals surface area (Å²) in [5.74, 6) is -0.107. The van der Waals surface area contributed by atoms with E-state index in [2.05, 4.69) is 5.32 Å². The van der Waals surface area contributed by atoms with Crippen LogP contribution >= 0.6 is 0 Å². The van der Waals surface area contributed by atoms with Gasteiger partial charge in [-0.3, -0.25) is 9.59 Å². The standard InChI is InChI=1S/C13H24N2O3/c1-13(2,3)12(17)14-9-11(16)15-7-5-10(18-4)6-8-15/h10H,5-9H2,1-4H3,(H,14,17). The van der Waals surface area contributed by atoms with Gasteiger partial charge in [-0.2, -0.15) is 0 Å². The van der Waals surface area contributed by atoms with Crippen molar-refractivity contribution >= 4 is 11.8 Å². The van der Waals surface area contributed by atoms with Gasteiger partial charge in [0.05, 0.1) is 12.6 Å².